The third kappa shape index (κ3) is 3.55. The highest BCUT2D eigenvalue weighted by molar-refractivity contribution is 6.52. The highest BCUT2D eigenvalue weighted by Crippen LogP contribution is 2.45. The van der Waals surface area contributed by atoms with E-state index in [0.29, 0.717) is 5.56 Å². The molecule has 2 heterocycles. The fourth-order valence-corrected chi connectivity index (χ4v) is 4.30. The molecule has 0 radical (unpaired) electrons. The standard InChI is InChI=1S/C23H16Cl2N2O5/c1-32-22-14(24)10-13(11-15(22)25)20(29)18-19(12-6-8-26-9-7-12)27(23(31)21(18)30)16-4-2-3-5-17(16)28/h2-11,19,28-29H,1H3/b20-18+. The molecule has 1 aromatic heterocycles. The number of methoxy groups -OCH3 is 1. The monoisotopic (exact) mass is 470 g/mol. The van der Waals surface area contributed by atoms with Gasteiger partial charge in [0, 0.05) is 18.0 Å². The van der Waals surface area contributed by atoms with Crippen molar-refractivity contribution in [3.05, 3.63) is 87.7 Å². The van der Waals surface area contributed by atoms with E-state index in [0.717, 1.165) is 4.90 Å². The van der Waals surface area contributed by atoms with Crippen LogP contribution in [0.15, 0.2) is 66.5 Å². The lowest BCUT2D eigenvalue weighted by atomic mass is 9.95. The van der Waals surface area contributed by atoms with Gasteiger partial charge in [0.1, 0.15) is 11.5 Å². The number of ketones is 1. The Balaban J connectivity index is 1.97. The van der Waals surface area contributed by atoms with Crippen LogP contribution in [0.1, 0.15) is 17.2 Å². The topological polar surface area (TPSA) is 100.0 Å². The number of anilines is 1. The van der Waals surface area contributed by atoms with Gasteiger partial charge >= 0.3 is 0 Å². The van der Waals surface area contributed by atoms with Gasteiger partial charge in [-0.1, -0.05) is 35.3 Å². The zero-order valence-electron chi connectivity index (χ0n) is 16.6. The SMILES string of the molecule is COc1c(Cl)cc(/C(O)=C2\C(=O)C(=O)N(c3ccccc3O)C2c2ccncc2)cc1Cl. The van der Waals surface area contributed by atoms with Crippen molar-refractivity contribution >= 4 is 46.3 Å². The number of carbonyl (C=O) groups is 2. The van der Waals surface area contributed by atoms with Crippen LogP contribution in [-0.4, -0.2) is 34.0 Å². The summed E-state index contributed by atoms with van der Waals surface area (Å²) < 4.78 is 5.13. The Bertz CT molecular complexity index is 1240. The minimum Gasteiger partial charge on any atom is -0.507 e. The summed E-state index contributed by atoms with van der Waals surface area (Å²) >= 11 is 12.4. The number of halogens is 2. The maximum absolute atomic E-state index is 13.1. The summed E-state index contributed by atoms with van der Waals surface area (Å²) in [4.78, 5) is 31.3. The van der Waals surface area contributed by atoms with Crippen LogP contribution in [0.4, 0.5) is 5.69 Å². The summed E-state index contributed by atoms with van der Waals surface area (Å²) in [6.45, 7) is 0. The molecule has 1 unspecified atom stereocenters. The number of ether oxygens (including phenoxy) is 1. The average molecular weight is 471 g/mol. The Morgan fingerprint density at radius 3 is 2.28 bits per heavy atom. The molecule has 2 N–H and O–H groups in total. The number of pyridine rings is 1. The van der Waals surface area contributed by atoms with E-state index in [4.69, 9.17) is 27.9 Å². The van der Waals surface area contributed by atoms with Crippen LogP contribution in [0.3, 0.4) is 0 Å². The molecule has 0 aliphatic carbocycles. The number of Topliss-reactive ketones (excluding diaryl/α,β-unsaturated/α-hetero) is 1. The van der Waals surface area contributed by atoms with Crippen molar-refractivity contribution in [3.8, 4) is 11.5 Å². The molecular weight excluding hydrogens is 455 g/mol. The number of rotatable bonds is 4. The van der Waals surface area contributed by atoms with Crippen molar-refractivity contribution in [2.45, 2.75) is 6.04 Å². The van der Waals surface area contributed by atoms with E-state index in [1.54, 1.807) is 24.3 Å². The van der Waals surface area contributed by atoms with Gasteiger partial charge in [-0.2, -0.15) is 0 Å². The van der Waals surface area contributed by atoms with E-state index < -0.39 is 23.5 Å². The number of aliphatic hydroxyl groups excluding tert-OH is 1. The van der Waals surface area contributed by atoms with Crippen molar-refractivity contribution in [1.29, 1.82) is 0 Å². The highest BCUT2D eigenvalue weighted by atomic mass is 35.5. The zero-order chi connectivity index (χ0) is 23.0. The first-order chi connectivity index (χ1) is 15.3. The van der Waals surface area contributed by atoms with Gasteiger partial charge in [-0.25, -0.2) is 0 Å². The first-order valence-electron chi connectivity index (χ1n) is 9.37. The van der Waals surface area contributed by atoms with Crippen molar-refractivity contribution in [1.82, 2.24) is 4.98 Å². The number of phenols is 1. The van der Waals surface area contributed by atoms with Gasteiger partial charge in [-0.05, 0) is 42.0 Å². The molecule has 0 spiro atoms. The number of aromatic hydroxyl groups is 1. The van der Waals surface area contributed by atoms with Crippen LogP contribution in [-0.2, 0) is 9.59 Å². The number of carbonyl (C=O) groups excluding carboxylic acids is 2. The second-order valence-corrected chi connectivity index (χ2v) is 7.73. The molecule has 0 bridgehead atoms. The van der Waals surface area contributed by atoms with Crippen molar-refractivity contribution < 1.29 is 24.5 Å². The van der Waals surface area contributed by atoms with Gasteiger partial charge in [0.25, 0.3) is 11.7 Å². The molecular formula is C23H16Cl2N2O5. The van der Waals surface area contributed by atoms with Gasteiger partial charge in [0.05, 0.1) is 34.5 Å². The number of hydrogen-bond acceptors (Lipinski definition) is 6. The van der Waals surface area contributed by atoms with E-state index in [-0.39, 0.29) is 38.4 Å². The first-order valence-corrected chi connectivity index (χ1v) is 10.1. The number of para-hydroxylation sites is 2. The van der Waals surface area contributed by atoms with E-state index in [1.807, 2.05) is 0 Å². The zero-order valence-corrected chi connectivity index (χ0v) is 18.1. The first kappa shape index (κ1) is 21.7. The van der Waals surface area contributed by atoms with Gasteiger partial charge in [-0.3, -0.25) is 19.5 Å². The van der Waals surface area contributed by atoms with Crippen molar-refractivity contribution in [3.63, 3.8) is 0 Å². The smallest absolute Gasteiger partial charge is 0.300 e. The quantitative estimate of drug-likeness (QED) is 0.324. The Kier molecular flexibility index (Phi) is 5.78. The highest BCUT2D eigenvalue weighted by Gasteiger charge is 2.47. The van der Waals surface area contributed by atoms with Crippen LogP contribution in [0.5, 0.6) is 11.5 Å². The average Bonchev–Trinajstić information content (AvgIpc) is 3.04. The minimum atomic E-state index is -1.02. The van der Waals surface area contributed by atoms with Crippen LogP contribution in [0.25, 0.3) is 5.76 Å². The van der Waals surface area contributed by atoms with Gasteiger partial charge in [0.15, 0.2) is 5.75 Å². The van der Waals surface area contributed by atoms with Gasteiger partial charge in [-0.15, -0.1) is 0 Å². The van der Waals surface area contributed by atoms with Crippen LogP contribution in [0.2, 0.25) is 10.0 Å². The summed E-state index contributed by atoms with van der Waals surface area (Å²) in [6.07, 6.45) is 3.00. The maximum Gasteiger partial charge on any atom is 0.300 e. The third-order valence-corrected chi connectivity index (χ3v) is 5.64. The van der Waals surface area contributed by atoms with Crippen molar-refractivity contribution in [2.75, 3.05) is 12.0 Å². The van der Waals surface area contributed by atoms with E-state index in [1.165, 1.54) is 43.8 Å². The molecule has 4 rings (SSSR count). The van der Waals surface area contributed by atoms with E-state index in [9.17, 15) is 19.8 Å². The number of aromatic nitrogens is 1. The maximum atomic E-state index is 13.1. The molecule has 7 nitrogen and oxygen atoms in total. The fraction of sp³-hybridized carbons (Fsp3) is 0.0870. The molecule has 9 heteroatoms. The third-order valence-electron chi connectivity index (χ3n) is 5.08. The molecule has 0 saturated carbocycles. The van der Waals surface area contributed by atoms with Gasteiger partial charge in [0.2, 0.25) is 0 Å². The summed E-state index contributed by atoms with van der Waals surface area (Å²) in [5.41, 5.74) is 0.591. The number of aliphatic hydroxyl groups is 1. The molecule has 1 atom stereocenters. The fourth-order valence-electron chi connectivity index (χ4n) is 3.66. The summed E-state index contributed by atoms with van der Waals surface area (Å²) in [6, 6.07) is 11.1. The summed E-state index contributed by atoms with van der Waals surface area (Å²) in [7, 11) is 1.40. The number of amides is 1. The Hall–Kier alpha value is -3.55. The van der Waals surface area contributed by atoms with Crippen LogP contribution >= 0.6 is 23.2 Å². The van der Waals surface area contributed by atoms with Gasteiger partial charge < -0.3 is 14.9 Å². The minimum absolute atomic E-state index is 0.122. The van der Waals surface area contributed by atoms with Crippen molar-refractivity contribution in [2.24, 2.45) is 0 Å². The number of hydrogen-bond donors (Lipinski definition) is 2. The molecule has 3 aromatic rings. The number of phenolic OH excluding ortho intramolecular Hbond substituents is 1. The number of nitrogens with zero attached hydrogens (tertiary/aromatic N) is 2. The molecule has 32 heavy (non-hydrogen) atoms. The molecule has 162 valence electrons. The predicted molar refractivity (Wildman–Crippen MR) is 120 cm³/mol. The second-order valence-electron chi connectivity index (χ2n) is 6.91. The molecule has 1 fully saturated rings. The predicted octanol–water partition coefficient (Wildman–Crippen LogP) is 4.73. The number of benzene rings is 2. The summed E-state index contributed by atoms with van der Waals surface area (Å²) in [5, 5.41) is 21.7. The molecule has 1 amide bonds. The van der Waals surface area contributed by atoms with Crippen LogP contribution in [0, 0.1) is 0 Å². The largest absolute Gasteiger partial charge is 0.507 e. The molecule has 1 aliphatic rings. The van der Waals surface area contributed by atoms with Crippen LogP contribution < -0.4 is 9.64 Å². The lowest BCUT2D eigenvalue weighted by molar-refractivity contribution is -0.132. The summed E-state index contributed by atoms with van der Waals surface area (Å²) in [5.74, 6) is -2.26. The lowest BCUT2D eigenvalue weighted by Crippen LogP contribution is -2.29. The Labute approximate surface area is 193 Å². The molecule has 1 aliphatic heterocycles. The van der Waals surface area contributed by atoms with E-state index in [2.05, 4.69) is 4.98 Å². The molecule has 2 aromatic carbocycles. The molecule has 1 saturated heterocycles. The normalized spacial score (nSPS) is 17.6. The lowest BCUT2D eigenvalue weighted by Gasteiger charge is -2.25. The second kappa shape index (κ2) is 8.53. The Morgan fingerprint density at radius 2 is 1.69 bits per heavy atom. The van der Waals surface area contributed by atoms with E-state index >= 15 is 0 Å². The Morgan fingerprint density at radius 1 is 1.06 bits per heavy atom.